The van der Waals surface area contributed by atoms with Gasteiger partial charge in [0.1, 0.15) is 5.78 Å². The molecule has 96 valence electrons. The molecule has 0 amide bonds. The Hall–Kier alpha value is -0.370. The number of unbranched alkanes of at least 4 members (excludes halogenated alkanes) is 5. The molecule has 0 spiro atoms. The summed E-state index contributed by atoms with van der Waals surface area (Å²) in [6.45, 7) is 4.93. The molecule has 0 N–H and O–H groups in total. The lowest BCUT2D eigenvalue weighted by atomic mass is 9.98. The molecule has 0 saturated carbocycles. The number of ether oxygens (including phenoxy) is 1. The minimum atomic E-state index is 0.176. The third kappa shape index (κ3) is 8.90. The van der Waals surface area contributed by atoms with Crippen LogP contribution in [-0.4, -0.2) is 19.5 Å². The van der Waals surface area contributed by atoms with E-state index in [0.29, 0.717) is 12.4 Å². The first-order chi connectivity index (χ1) is 7.72. The van der Waals surface area contributed by atoms with Gasteiger partial charge in [-0.1, -0.05) is 46.0 Å². The lowest BCUT2D eigenvalue weighted by Crippen LogP contribution is -2.12. The molecule has 2 nitrogen and oxygen atoms in total. The lowest BCUT2D eigenvalue weighted by Gasteiger charge is -2.09. The third-order valence-electron chi connectivity index (χ3n) is 3.08. The second-order valence-electron chi connectivity index (χ2n) is 4.67. The molecule has 0 aromatic heterocycles. The van der Waals surface area contributed by atoms with E-state index < -0.39 is 0 Å². The van der Waals surface area contributed by atoms with Gasteiger partial charge in [-0.25, -0.2) is 0 Å². The molecular weight excluding hydrogens is 200 g/mol. The van der Waals surface area contributed by atoms with Gasteiger partial charge in [0.25, 0.3) is 0 Å². The molecule has 0 aromatic carbocycles. The third-order valence-corrected chi connectivity index (χ3v) is 3.08. The van der Waals surface area contributed by atoms with Crippen LogP contribution in [0.25, 0.3) is 0 Å². The largest absolute Gasteiger partial charge is 0.385 e. The molecule has 1 unspecified atom stereocenters. The second kappa shape index (κ2) is 11.1. The lowest BCUT2D eigenvalue weighted by molar-refractivity contribution is -0.123. The molecule has 0 aliphatic heterocycles. The van der Waals surface area contributed by atoms with Gasteiger partial charge in [-0.05, 0) is 12.8 Å². The summed E-state index contributed by atoms with van der Waals surface area (Å²) in [5, 5.41) is 0. The van der Waals surface area contributed by atoms with E-state index in [-0.39, 0.29) is 5.92 Å². The van der Waals surface area contributed by atoms with Crippen molar-refractivity contribution in [2.45, 2.75) is 65.2 Å². The van der Waals surface area contributed by atoms with Gasteiger partial charge in [-0.15, -0.1) is 0 Å². The van der Waals surface area contributed by atoms with Crippen molar-refractivity contribution in [1.82, 2.24) is 0 Å². The molecule has 0 aliphatic rings. The Morgan fingerprint density at radius 1 is 1.12 bits per heavy atom. The van der Waals surface area contributed by atoms with Crippen molar-refractivity contribution >= 4 is 5.78 Å². The molecule has 0 rings (SSSR count). The van der Waals surface area contributed by atoms with Crippen LogP contribution in [0.15, 0.2) is 0 Å². The molecule has 0 fully saturated rings. The van der Waals surface area contributed by atoms with Crippen LogP contribution in [0.4, 0.5) is 0 Å². The molecule has 0 radical (unpaired) electrons. The highest BCUT2D eigenvalue weighted by molar-refractivity contribution is 5.80. The highest BCUT2D eigenvalue weighted by Gasteiger charge is 2.11. The fraction of sp³-hybridized carbons (Fsp3) is 0.929. The van der Waals surface area contributed by atoms with E-state index in [2.05, 4.69) is 6.92 Å². The SMILES string of the molecule is CCCCCCCCC(=O)C(C)CCOC. The van der Waals surface area contributed by atoms with E-state index >= 15 is 0 Å². The van der Waals surface area contributed by atoms with Crippen molar-refractivity contribution in [3.8, 4) is 0 Å². The molecule has 0 heterocycles. The Morgan fingerprint density at radius 3 is 2.38 bits per heavy atom. The fourth-order valence-electron chi connectivity index (χ4n) is 1.78. The van der Waals surface area contributed by atoms with Gasteiger partial charge < -0.3 is 4.74 Å². The van der Waals surface area contributed by atoms with Crippen molar-refractivity contribution in [2.24, 2.45) is 5.92 Å². The number of ketones is 1. The minimum absolute atomic E-state index is 0.176. The Labute approximate surface area is 101 Å². The summed E-state index contributed by atoms with van der Waals surface area (Å²) in [6, 6.07) is 0. The van der Waals surface area contributed by atoms with Crippen molar-refractivity contribution in [1.29, 1.82) is 0 Å². The first-order valence-electron chi connectivity index (χ1n) is 6.74. The summed E-state index contributed by atoms with van der Waals surface area (Å²) in [4.78, 5) is 11.7. The molecule has 2 heteroatoms. The number of rotatable bonds is 11. The maximum absolute atomic E-state index is 11.7. The Morgan fingerprint density at radius 2 is 1.75 bits per heavy atom. The van der Waals surface area contributed by atoms with Crippen LogP contribution in [-0.2, 0) is 9.53 Å². The van der Waals surface area contributed by atoms with Crippen LogP contribution in [0.1, 0.15) is 65.2 Å². The normalized spacial score (nSPS) is 12.7. The maximum Gasteiger partial charge on any atom is 0.135 e. The topological polar surface area (TPSA) is 26.3 Å². The van der Waals surface area contributed by atoms with Crippen LogP contribution in [0.3, 0.4) is 0 Å². The monoisotopic (exact) mass is 228 g/mol. The van der Waals surface area contributed by atoms with E-state index in [4.69, 9.17) is 4.74 Å². The van der Waals surface area contributed by atoms with Crippen molar-refractivity contribution in [2.75, 3.05) is 13.7 Å². The average molecular weight is 228 g/mol. The first-order valence-corrected chi connectivity index (χ1v) is 6.74. The summed E-state index contributed by atoms with van der Waals surface area (Å²) >= 11 is 0. The Bertz CT molecular complexity index is 166. The van der Waals surface area contributed by atoms with Gasteiger partial charge >= 0.3 is 0 Å². The maximum atomic E-state index is 11.7. The van der Waals surface area contributed by atoms with Gasteiger partial charge in [0.05, 0.1) is 0 Å². The van der Waals surface area contributed by atoms with Crippen LogP contribution in [0.5, 0.6) is 0 Å². The predicted molar refractivity (Wildman–Crippen MR) is 68.7 cm³/mol. The highest BCUT2D eigenvalue weighted by atomic mass is 16.5. The molecule has 0 aromatic rings. The predicted octanol–water partition coefficient (Wildman–Crippen LogP) is 3.98. The molecule has 1 atom stereocenters. The zero-order chi connectivity index (χ0) is 12.2. The quantitative estimate of drug-likeness (QED) is 0.500. The number of hydrogen-bond donors (Lipinski definition) is 0. The van der Waals surface area contributed by atoms with Crippen LogP contribution >= 0.6 is 0 Å². The zero-order valence-corrected chi connectivity index (χ0v) is 11.3. The molecular formula is C14H28O2. The number of methoxy groups -OCH3 is 1. The number of Topliss-reactive ketones (excluding diaryl/α,β-unsaturated/α-hetero) is 1. The average Bonchev–Trinajstić information content (AvgIpc) is 2.30. The van der Waals surface area contributed by atoms with E-state index in [9.17, 15) is 4.79 Å². The Balaban J connectivity index is 3.35. The van der Waals surface area contributed by atoms with E-state index in [1.165, 1.54) is 32.1 Å². The van der Waals surface area contributed by atoms with E-state index in [1.54, 1.807) is 7.11 Å². The summed E-state index contributed by atoms with van der Waals surface area (Å²) < 4.78 is 4.98. The summed E-state index contributed by atoms with van der Waals surface area (Å²) in [6.07, 6.45) is 9.13. The van der Waals surface area contributed by atoms with Crippen molar-refractivity contribution in [3.63, 3.8) is 0 Å². The van der Waals surface area contributed by atoms with Crippen LogP contribution in [0.2, 0.25) is 0 Å². The van der Waals surface area contributed by atoms with Crippen molar-refractivity contribution < 1.29 is 9.53 Å². The molecule has 0 bridgehead atoms. The molecule has 16 heavy (non-hydrogen) atoms. The highest BCUT2D eigenvalue weighted by Crippen LogP contribution is 2.12. The number of carbonyl (C=O) groups is 1. The van der Waals surface area contributed by atoms with Crippen molar-refractivity contribution in [3.05, 3.63) is 0 Å². The second-order valence-corrected chi connectivity index (χ2v) is 4.67. The number of carbonyl (C=O) groups excluding carboxylic acids is 1. The molecule has 0 saturated heterocycles. The van der Waals surface area contributed by atoms with Gasteiger partial charge in [0, 0.05) is 26.1 Å². The first kappa shape index (κ1) is 15.6. The van der Waals surface area contributed by atoms with Gasteiger partial charge in [0.15, 0.2) is 0 Å². The standard InChI is InChI=1S/C14H28O2/c1-4-5-6-7-8-9-10-14(15)13(2)11-12-16-3/h13H,4-12H2,1-3H3. The van der Waals surface area contributed by atoms with E-state index in [0.717, 1.165) is 19.3 Å². The smallest absolute Gasteiger partial charge is 0.135 e. The zero-order valence-electron chi connectivity index (χ0n) is 11.3. The van der Waals surface area contributed by atoms with Crippen LogP contribution in [0, 0.1) is 5.92 Å². The summed E-state index contributed by atoms with van der Waals surface area (Å²) in [7, 11) is 1.69. The molecule has 0 aliphatic carbocycles. The minimum Gasteiger partial charge on any atom is -0.385 e. The summed E-state index contributed by atoms with van der Waals surface area (Å²) in [5.41, 5.74) is 0. The van der Waals surface area contributed by atoms with E-state index in [1.807, 2.05) is 6.92 Å². The number of hydrogen-bond acceptors (Lipinski definition) is 2. The van der Waals surface area contributed by atoms with Crippen LogP contribution < -0.4 is 0 Å². The fourth-order valence-corrected chi connectivity index (χ4v) is 1.78. The summed E-state index contributed by atoms with van der Waals surface area (Å²) in [5.74, 6) is 0.586. The Kier molecular flexibility index (Phi) is 10.9. The van der Waals surface area contributed by atoms with Gasteiger partial charge in [0.2, 0.25) is 0 Å². The van der Waals surface area contributed by atoms with Gasteiger partial charge in [-0.2, -0.15) is 0 Å². The van der Waals surface area contributed by atoms with Gasteiger partial charge in [-0.3, -0.25) is 4.79 Å².